The molecule has 1 heterocycles. The van der Waals surface area contributed by atoms with Crippen molar-refractivity contribution in [2.24, 2.45) is 0 Å². The molecule has 0 saturated heterocycles. The number of rotatable bonds is 3. The number of hydrogen-bond acceptors (Lipinski definition) is 3. The summed E-state index contributed by atoms with van der Waals surface area (Å²) >= 11 is 0. The summed E-state index contributed by atoms with van der Waals surface area (Å²) in [5, 5.41) is 10.7. The van der Waals surface area contributed by atoms with Crippen LogP contribution >= 0.6 is 0 Å². The van der Waals surface area contributed by atoms with E-state index in [1.54, 1.807) is 7.11 Å². The minimum Gasteiger partial charge on any atom is -0.497 e. The van der Waals surface area contributed by atoms with Crippen molar-refractivity contribution in [2.75, 3.05) is 20.2 Å². The number of carboxylic acids is 1. The molecule has 3 rings (SSSR count). The zero-order valence-electron chi connectivity index (χ0n) is 11.6. The molecule has 1 aliphatic rings. The van der Waals surface area contributed by atoms with Crippen LogP contribution in [0.4, 0.5) is 0 Å². The monoisotopic (exact) mass is 285 g/mol. The molecule has 0 unspecified atom stereocenters. The van der Waals surface area contributed by atoms with E-state index in [0.29, 0.717) is 18.5 Å². The summed E-state index contributed by atoms with van der Waals surface area (Å²) in [5.41, 5.74) is 1.59. The van der Waals surface area contributed by atoms with E-state index in [1.807, 2.05) is 30.3 Å². The molecule has 1 amide bonds. The van der Waals surface area contributed by atoms with Crippen molar-refractivity contribution < 1.29 is 19.4 Å². The van der Waals surface area contributed by atoms with Crippen LogP contribution < -0.4 is 4.74 Å². The molecule has 0 radical (unpaired) electrons. The van der Waals surface area contributed by atoms with Gasteiger partial charge in [0.2, 0.25) is 0 Å². The van der Waals surface area contributed by atoms with E-state index in [0.717, 1.165) is 22.1 Å². The van der Waals surface area contributed by atoms with Crippen LogP contribution in [0.1, 0.15) is 15.9 Å². The summed E-state index contributed by atoms with van der Waals surface area (Å²) in [6, 6.07) is 9.45. The lowest BCUT2D eigenvalue weighted by molar-refractivity contribution is -0.137. The summed E-state index contributed by atoms with van der Waals surface area (Å²) in [5.74, 6) is -0.476. The summed E-state index contributed by atoms with van der Waals surface area (Å²) in [4.78, 5) is 24.8. The molecule has 5 nitrogen and oxygen atoms in total. The number of carbonyl (C=O) groups is 2. The predicted octanol–water partition coefficient (Wildman–Crippen LogP) is 1.93. The van der Waals surface area contributed by atoms with Crippen molar-refractivity contribution in [1.29, 1.82) is 0 Å². The Morgan fingerprint density at radius 3 is 2.86 bits per heavy atom. The van der Waals surface area contributed by atoms with Crippen molar-refractivity contribution in [3.8, 4) is 5.75 Å². The highest BCUT2D eigenvalue weighted by Gasteiger charge is 2.27. The van der Waals surface area contributed by atoms with Gasteiger partial charge in [-0.25, -0.2) is 0 Å². The Labute approximate surface area is 121 Å². The first kappa shape index (κ1) is 13.4. The summed E-state index contributed by atoms with van der Waals surface area (Å²) < 4.78 is 5.19. The molecule has 0 fully saturated rings. The van der Waals surface area contributed by atoms with Gasteiger partial charge in [0.15, 0.2) is 0 Å². The summed E-state index contributed by atoms with van der Waals surface area (Å²) in [6.45, 7) is 0.185. The van der Waals surface area contributed by atoms with Crippen molar-refractivity contribution >= 4 is 22.6 Å². The number of carbonyl (C=O) groups excluding carboxylic acids is 1. The lowest BCUT2D eigenvalue weighted by atomic mass is 9.93. The molecule has 0 aromatic heterocycles. The maximum atomic E-state index is 12.6. The first-order chi connectivity index (χ1) is 10.1. The van der Waals surface area contributed by atoms with Gasteiger partial charge in [0.1, 0.15) is 12.3 Å². The maximum Gasteiger partial charge on any atom is 0.323 e. The van der Waals surface area contributed by atoms with Gasteiger partial charge in [0, 0.05) is 6.54 Å². The smallest absolute Gasteiger partial charge is 0.323 e. The molecule has 0 atom stereocenters. The van der Waals surface area contributed by atoms with Crippen molar-refractivity contribution in [3.63, 3.8) is 0 Å². The molecule has 0 bridgehead atoms. The third-order valence-corrected chi connectivity index (χ3v) is 3.79. The van der Waals surface area contributed by atoms with Crippen molar-refractivity contribution in [1.82, 2.24) is 4.90 Å². The minimum absolute atomic E-state index is 0.214. The molecule has 21 heavy (non-hydrogen) atoms. The number of fused-ring (bicyclic) bond motifs is 3. The number of benzene rings is 2. The molecule has 2 aromatic carbocycles. The first-order valence-electron chi connectivity index (χ1n) is 6.71. The van der Waals surface area contributed by atoms with Gasteiger partial charge >= 0.3 is 5.97 Å². The number of aliphatic carboxylic acids is 1. The van der Waals surface area contributed by atoms with E-state index >= 15 is 0 Å². The van der Waals surface area contributed by atoms with E-state index in [1.165, 1.54) is 4.90 Å². The zero-order chi connectivity index (χ0) is 15.0. The van der Waals surface area contributed by atoms with Gasteiger partial charge in [-0.15, -0.1) is 0 Å². The first-order valence-corrected chi connectivity index (χ1v) is 6.71. The van der Waals surface area contributed by atoms with E-state index in [-0.39, 0.29) is 12.5 Å². The zero-order valence-corrected chi connectivity index (χ0v) is 11.6. The average Bonchev–Trinajstić information content (AvgIpc) is 2.48. The Bertz CT molecular complexity index is 738. The van der Waals surface area contributed by atoms with E-state index in [9.17, 15) is 9.59 Å². The van der Waals surface area contributed by atoms with Crippen LogP contribution in [0.15, 0.2) is 30.3 Å². The third-order valence-electron chi connectivity index (χ3n) is 3.79. The number of ether oxygens (including phenoxy) is 1. The Morgan fingerprint density at radius 2 is 2.14 bits per heavy atom. The molecule has 2 aromatic rings. The molecular weight excluding hydrogens is 270 g/mol. The fraction of sp³-hybridized carbons (Fsp3) is 0.250. The van der Waals surface area contributed by atoms with E-state index < -0.39 is 5.97 Å². The highest BCUT2D eigenvalue weighted by atomic mass is 16.5. The van der Waals surface area contributed by atoms with Crippen molar-refractivity contribution in [3.05, 3.63) is 41.5 Å². The molecule has 0 aliphatic carbocycles. The van der Waals surface area contributed by atoms with Crippen LogP contribution in [-0.2, 0) is 11.2 Å². The molecule has 0 saturated carbocycles. The SMILES string of the molecule is COc1ccc2c3c(ccc2c1)CCN(CC(=O)O)C3=O. The fourth-order valence-corrected chi connectivity index (χ4v) is 2.77. The fourth-order valence-electron chi connectivity index (χ4n) is 2.77. The highest BCUT2D eigenvalue weighted by Crippen LogP contribution is 2.30. The molecular formula is C16H15NO4. The van der Waals surface area contributed by atoms with Crippen LogP contribution in [0.3, 0.4) is 0 Å². The number of hydrogen-bond donors (Lipinski definition) is 1. The second-order valence-electron chi connectivity index (χ2n) is 5.06. The molecule has 0 spiro atoms. The Hall–Kier alpha value is -2.56. The van der Waals surface area contributed by atoms with Crippen molar-refractivity contribution in [2.45, 2.75) is 6.42 Å². The second kappa shape index (κ2) is 5.09. The molecule has 1 N–H and O–H groups in total. The van der Waals surface area contributed by atoms with Gasteiger partial charge in [0.05, 0.1) is 12.7 Å². The van der Waals surface area contributed by atoms with Crippen LogP contribution in [-0.4, -0.2) is 42.1 Å². The number of amides is 1. The highest BCUT2D eigenvalue weighted by molar-refractivity contribution is 6.09. The predicted molar refractivity (Wildman–Crippen MR) is 77.7 cm³/mol. The lowest BCUT2D eigenvalue weighted by Crippen LogP contribution is -2.40. The van der Waals surface area contributed by atoms with Gasteiger partial charge < -0.3 is 14.7 Å². The topological polar surface area (TPSA) is 66.8 Å². The summed E-state index contributed by atoms with van der Waals surface area (Å²) in [6.07, 6.45) is 0.677. The van der Waals surface area contributed by atoms with E-state index in [4.69, 9.17) is 9.84 Å². The molecule has 108 valence electrons. The van der Waals surface area contributed by atoms with Gasteiger partial charge in [-0.3, -0.25) is 9.59 Å². The largest absolute Gasteiger partial charge is 0.497 e. The van der Waals surface area contributed by atoms with Gasteiger partial charge in [0.25, 0.3) is 5.91 Å². The van der Waals surface area contributed by atoms with Gasteiger partial charge in [-0.05, 0) is 41.0 Å². The Kier molecular flexibility index (Phi) is 3.25. The van der Waals surface area contributed by atoms with Crippen LogP contribution in [0, 0.1) is 0 Å². The second-order valence-corrected chi connectivity index (χ2v) is 5.06. The molecule has 5 heteroatoms. The van der Waals surface area contributed by atoms with Gasteiger partial charge in [-0.2, -0.15) is 0 Å². The van der Waals surface area contributed by atoms with Crippen LogP contribution in [0.2, 0.25) is 0 Å². The third kappa shape index (κ3) is 2.31. The van der Waals surface area contributed by atoms with Crippen LogP contribution in [0.5, 0.6) is 5.75 Å². The Morgan fingerprint density at radius 1 is 1.33 bits per heavy atom. The average molecular weight is 285 g/mol. The minimum atomic E-state index is -0.992. The maximum absolute atomic E-state index is 12.6. The van der Waals surface area contributed by atoms with E-state index in [2.05, 4.69) is 0 Å². The normalized spacial score (nSPS) is 14.1. The number of carboxylic acid groups (broad SMARTS) is 1. The molecule has 1 aliphatic heterocycles. The Balaban J connectivity index is 2.12. The number of nitrogens with zero attached hydrogens (tertiary/aromatic N) is 1. The number of methoxy groups -OCH3 is 1. The van der Waals surface area contributed by atoms with Gasteiger partial charge in [-0.1, -0.05) is 12.1 Å². The quantitative estimate of drug-likeness (QED) is 0.935. The van der Waals surface area contributed by atoms with Crippen LogP contribution in [0.25, 0.3) is 10.8 Å². The standard InChI is InChI=1S/C16H15NO4/c1-21-12-4-5-13-11(8-12)3-2-10-6-7-17(9-14(18)19)16(20)15(10)13/h2-5,8H,6-7,9H2,1H3,(H,18,19). The lowest BCUT2D eigenvalue weighted by Gasteiger charge is -2.28. The summed E-state index contributed by atoms with van der Waals surface area (Å²) in [7, 11) is 1.60.